The summed E-state index contributed by atoms with van der Waals surface area (Å²) < 4.78 is 0. The van der Waals surface area contributed by atoms with E-state index < -0.39 is 32.3 Å². The molecule has 0 aromatic heterocycles. The van der Waals surface area contributed by atoms with Crippen LogP contribution >= 0.6 is 0 Å². The van der Waals surface area contributed by atoms with E-state index in [-0.39, 0.29) is 16.6 Å². The van der Waals surface area contributed by atoms with Gasteiger partial charge in [0.05, 0.1) is 0 Å². The molecular formula is C10H27O3Si4. The molecule has 0 saturated carbocycles. The van der Waals surface area contributed by atoms with Gasteiger partial charge in [-0.25, -0.2) is 0 Å². The summed E-state index contributed by atoms with van der Waals surface area (Å²) in [6, 6.07) is 0. The number of hydrogen-bond acceptors (Lipinski definition) is 3. The van der Waals surface area contributed by atoms with Crippen LogP contribution in [-0.2, 0) is 0 Å². The van der Waals surface area contributed by atoms with Crippen LogP contribution in [-0.4, -0.2) is 46.7 Å². The first-order valence-corrected chi connectivity index (χ1v) is 16.3. The van der Waals surface area contributed by atoms with E-state index in [4.69, 9.17) is 0 Å². The van der Waals surface area contributed by atoms with Crippen molar-refractivity contribution < 1.29 is 14.4 Å². The SMILES string of the molecule is CC(C)[Si](O)[Si](C)([Si](O)C(C)C)[Si](O)C(C)C. The fourth-order valence-electron chi connectivity index (χ4n) is 2.13. The van der Waals surface area contributed by atoms with E-state index in [0.29, 0.717) is 0 Å². The third kappa shape index (κ3) is 3.85. The van der Waals surface area contributed by atoms with E-state index in [9.17, 15) is 14.4 Å². The lowest BCUT2D eigenvalue weighted by molar-refractivity contribution is 0.553. The Morgan fingerprint density at radius 2 is 0.824 bits per heavy atom. The predicted octanol–water partition coefficient (Wildman–Crippen LogP) is 1.48. The Kier molecular flexibility index (Phi) is 7.08. The summed E-state index contributed by atoms with van der Waals surface area (Å²) in [7, 11) is -4.80. The van der Waals surface area contributed by atoms with Gasteiger partial charge >= 0.3 is 0 Å². The van der Waals surface area contributed by atoms with Gasteiger partial charge in [-0.15, -0.1) is 0 Å². The molecule has 0 fully saturated rings. The average Bonchev–Trinajstić information content (AvgIpc) is 2.24. The third-order valence-electron chi connectivity index (χ3n) is 3.18. The van der Waals surface area contributed by atoms with Crippen molar-refractivity contribution in [2.45, 2.75) is 64.7 Å². The van der Waals surface area contributed by atoms with Gasteiger partial charge in [0.1, 0.15) is 6.63 Å². The van der Waals surface area contributed by atoms with Crippen LogP contribution in [0.3, 0.4) is 0 Å². The van der Waals surface area contributed by atoms with Gasteiger partial charge in [0, 0.05) is 0 Å². The molecule has 101 valence electrons. The summed E-state index contributed by atoms with van der Waals surface area (Å²) >= 11 is 0. The highest BCUT2D eigenvalue weighted by Gasteiger charge is 2.56. The van der Waals surface area contributed by atoms with Crippen LogP contribution in [0.25, 0.3) is 0 Å². The largest absolute Gasteiger partial charge is 0.435 e. The first kappa shape index (κ1) is 17.7. The third-order valence-corrected chi connectivity index (χ3v) is 37.8. The van der Waals surface area contributed by atoms with Crippen LogP contribution in [0.5, 0.6) is 0 Å². The molecule has 0 aliphatic carbocycles. The molecule has 0 saturated heterocycles. The highest BCUT2D eigenvalue weighted by atomic mass is 29.9. The summed E-state index contributed by atoms with van der Waals surface area (Å²) in [5.41, 5.74) is 0.649. The van der Waals surface area contributed by atoms with E-state index in [1.807, 2.05) is 41.5 Å². The average molecular weight is 308 g/mol. The summed E-state index contributed by atoms with van der Waals surface area (Å²) in [6.07, 6.45) is 0. The van der Waals surface area contributed by atoms with Crippen molar-refractivity contribution in [3.63, 3.8) is 0 Å². The Morgan fingerprint density at radius 1 is 0.647 bits per heavy atom. The maximum Gasteiger partial charge on any atom is 0.194 e. The van der Waals surface area contributed by atoms with Crippen LogP contribution in [0, 0.1) is 0 Å². The summed E-state index contributed by atoms with van der Waals surface area (Å²) in [5.74, 6) is 0. The van der Waals surface area contributed by atoms with Crippen molar-refractivity contribution in [3.8, 4) is 0 Å². The Balaban J connectivity index is 5.35. The fourth-order valence-corrected chi connectivity index (χ4v) is 41.8. The van der Waals surface area contributed by atoms with Gasteiger partial charge in [0.15, 0.2) is 25.7 Å². The molecule has 0 aromatic carbocycles. The first-order chi connectivity index (χ1) is 7.56. The normalized spacial score (nSPS) is 14.1. The second kappa shape index (κ2) is 6.78. The molecule has 17 heavy (non-hydrogen) atoms. The van der Waals surface area contributed by atoms with E-state index in [2.05, 4.69) is 6.55 Å². The van der Waals surface area contributed by atoms with Crippen LogP contribution in [0.1, 0.15) is 41.5 Å². The molecule has 0 aliphatic rings. The van der Waals surface area contributed by atoms with Crippen LogP contribution in [0.2, 0.25) is 23.2 Å². The molecule has 0 rings (SSSR count). The van der Waals surface area contributed by atoms with Crippen molar-refractivity contribution >= 4 is 32.3 Å². The zero-order chi connectivity index (χ0) is 14.0. The van der Waals surface area contributed by atoms with E-state index >= 15 is 0 Å². The lowest BCUT2D eigenvalue weighted by Gasteiger charge is -2.40. The molecule has 0 heterocycles. The molecule has 3 N–H and O–H groups in total. The smallest absolute Gasteiger partial charge is 0.194 e. The minimum absolute atomic E-state index is 0.216. The van der Waals surface area contributed by atoms with Gasteiger partial charge in [0.2, 0.25) is 0 Å². The van der Waals surface area contributed by atoms with Crippen molar-refractivity contribution in [3.05, 3.63) is 0 Å². The summed E-state index contributed by atoms with van der Waals surface area (Å²) in [5, 5.41) is 0. The highest BCUT2D eigenvalue weighted by molar-refractivity contribution is 7.77. The maximum absolute atomic E-state index is 10.6. The van der Waals surface area contributed by atoms with Gasteiger partial charge in [-0.2, -0.15) is 0 Å². The Morgan fingerprint density at radius 3 is 0.941 bits per heavy atom. The standard InChI is InChI=1S/C10H27O3Si4/c1-8(2)14(11)17(7,15(12)9(3)4)16(13)10(5)6/h8-13H,1-7H3. The number of rotatable bonds is 6. The Hall–Kier alpha value is 0.748. The van der Waals surface area contributed by atoms with E-state index in [1.165, 1.54) is 0 Å². The zero-order valence-electron chi connectivity index (χ0n) is 12.1. The quantitative estimate of drug-likeness (QED) is 0.652. The van der Waals surface area contributed by atoms with E-state index in [1.54, 1.807) is 0 Å². The molecule has 3 radical (unpaired) electrons. The Labute approximate surface area is 111 Å². The molecular weight excluding hydrogens is 280 g/mol. The van der Waals surface area contributed by atoms with E-state index in [0.717, 1.165) is 0 Å². The van der Waals surface area contributed by atoms with Gasteiger partial charge in [0.25, 0.3) is 0 Å². The molecule has 0 amide bonds. The highest BCUT2D eigenvalue weighted by Crippen LogP contribution is 2.29. The summed E-state index contributed by atoms with van der Waals surface area (Å²) in [6.45, 7) is 11.9. The van der Waals surface area contributed by atoms with Crippen LogP contribution in [0.4, 0.5) is 0 Å². The minimum Gasteiger partial charge on any atom is -0.435 e. The lowest BCUT2D eigenvalue weighted by atomic mass is 10.6. The predicted molar refractivity (Wildman–Crippen MR) is 80.8 cm³/mol. The number of hydrogen-bond donors (Lipinski definition) is 3. The minimum atomic E-state index is -2.28. The molecule has 0 spiro atoms. The van der Waals surface area contributed by atoms with Crippen LogP contribution in [0.15, 0.2) is 0 Å². The Bertz CT molecular complexity index is 200. The van der Waals surface area contributed by atoms with Crippen molar-refractivity contribution in [2.75, 3.05) is 0 Å². The van der Waals surface area contributed by atoms with Crippen molar-refractivity contribution in [1.82, 2.24) is 0 Å². The first-order valence-electron chi connectivity index (χ1n) is 6.25. The molecule has 0 unspecified atom stereocenters. The maximum atomic E-state index is 10.6. The van der Waals surface area contributed by atoms with Gasteiger partial charge in [-0.05, 0) is 16.6 Å². The molecule has 0 aliphatic heterocycles. The fraction of sp³-hybridized carbons (Fsp3) is 1.00. The molecule has 3 nitrogen and oxygen atoms in total. The summed E-state index contributed by atoms with van der Waals surface area (Å²) in [4.78, 5) is 31.7. The van der Waals surface area contributed by atoms with Gasteiger partial charge < -0.3 is 14.4 Å². The monoisotopic (exact) mass is 307 g/mol. The molecule has 0 aromatic rings. The van der Waals surface area contributed by atoms with Gasteiger partial charge in [-0.1, -0.05) is 48.1 Å². The van der Waals surface area contributed by atoms with Crippen LogP contribution < -0.4 is 0 Å². The van der Waals surface area contributed by atoms with Crippen molar-refractivity contribution in [2.24, 2.45) is 0 Å². The second-order valence-corrected chi connectivity index (χ2v) is 31.9. The van der Waals surface area contributed by atoms with Gasteiger partial charge in [-0.3, -0.25) is 0 Å². The topological polar surface area (TPSA) is 60.7 Å². The van der Waals surface area contributed by atoms with Crippen molar-refractivity contribution in [1.29, 1.82) is 0 Å². The molecule has 0 bridgehead atoms. The zero-order valence-corrected chi connectivity index (χ0v) is 16.1. The molecule has 0 atom stereocenters. The second-order valence-electron chi connectivity index (χ2n) is 5.74. The molecule has 7 heteroatoms. The lowest BCUT2D eigenvalue weighted by Crippen LogP contribution is -2.73.